The van der Waals surface area contributed by atoms with Gasteiger partial charge in [-0.3, -0.25) is 19.8 Å². The van der Waals surface area contributed by atoms with Crippen molar-refractivity contribution in [2.45, 2.75) is 44.8 Å². The number of pyridine rings is 1. The highest BCUT2D eigenvalue weighted by atomic mass is 19.1. The molecular formula is C18H24FN5O3. The van der Waals surface area contributed by atoms with Crippen LogP contribution in [0, 0.1) is 5.92 Å². The SMILES string of the molecule is CCCCC(CN(O)C=O)C(=O)N1C[C@H](F)C[C@H]1c1nc2ccncc2[nH]1. The summed E-state index contributed by atoms with van der Waals surface area (Å²) in [4.78, 5) is 37.0. The van der Waals surface area contributed by atoms with E-state index in [1.54, 1.807) is 18.5 Å². The van der Waals surface area contributed by atoms with E-state index in [2.05, 4.69) is 15.0 Å². The predicted octanol–water partition coefficient (Wildman–Crippen LogP) is 2.22. The van der Waals surface area contributed by atoms with Crippen LogP contribution in [0.25, 0.3) is 11.0 Å². The summed E-state index contributed by atoms with van der Waals surface area (Å²) in [6, 6.07) is 1.24. The number of carbonyl (C=O) groups excluding carboxylic acids is 2. The molecule has 2 N–H and O–H groups in total. The average molecular weight is 377 g/mol. The van der Waals surface area contributed by atoms with E-state index >= 15 is 0 Å². The van der Waals surface area contributed by atoms with Crippen molar-refractivity contribution in [2.24, 2.45) is 5.92 Å². The van der Waals surface area contributed by atoms with Crippen molar-refractivity contribution < 1.29 is 19.2 Å². The van der Waals surface area contributed by atoms with Crippen LogP contribution in [0.5, 0.6) is 0 Å². The lowest BCUT2D eigenvalue weighted by Crippen LogP contribution is -2.41. The van der Waals surface area contributed by atoms with E-state index in [1.807, 2.05) is 6.92 Å². The molecular weight excluding hydrogens is 353 g/mol. The smallest absolute Gasteiger partial charge is 0.233 e. The van der Waals surface area contributed by atoms with Crippen LogP contribution < -0.4 is 0 Å². The maximum absolute atomic E-state index is 14.2. The number of aromatic amines is 1. The number of carbonyl (C=O) groups is 2. The maximum Gasteiger partial charge on any atom is 0.233 e. The Kier molecular flexibility index (Phi) is 6.00. The maximum atomic E-state index is 14.2. The van der Waals surface area contributed by atoms with E-state index in [1.165, 1.54) is 4.90 Å². The third-order valence-electron chi connectivity index (χ3n) is 4.93. The Morgan fingerprint density at radius 2 is 2.41 bits per heavy atom. The third-order valence-corrected chi connectivity index (χ3v) is 4.93. The summed E-state index contributed by atoms with van der Waals surface area (Å²) in [5.41, 5.74) is 1.44. The number of rotatable bonds is 8. The van der Waals surface area contributed by atoms with Gasteiger partial charge in [-0.05, 0) is 12.5 Å². The molecule has 1 fully saturated rings. The second-order valence-corrected chi connectivity index (χ2v) is 6.92. The second-order valence-electron chi connectivity index (χ2n) is 6.92. The number of amides is 2. The van der Waals surface area contributed by atoms with Gasteiger partial charge < -0.3 is 9.88 Å². The fraction of sp³-hybridized carbons (Fsp3) is 0.556. The standard InChI is InChI=1S/C18H24FN5O3/c1-2-3-4-12(9-23(27)11-25)18(26)24-10-13(19)7-16(24)17-21-14-5-6-20-8-15(14)22-17/h5-6,8,11-13,16,27H,2-4,7,9-10H2,1H3,(H,21,22)/t12?,13-,16+/m1/s1. The number of H-pyrrole nitrogens is 1. The van der Waals surface area contributed by atoms with Gasteiger partial charge in [-0.2, -0.15) is 0 Å². The second kappa shape index (κ2) is 8.43. The number of hydrogen-bond acceptors (Lipinski definition) is 5. The minimum atomic E-state index is -1.14. The molecule has 0 saturated carbocycles. The number of fused-ring (bicyclic) bond motifs is 1. The monoisotopic (exact) mass is 377 g/mol. The number of hydroxylamine groups is 2. The Hall–Kier alpha value is -2.55. The molecule has 3 rings (SSSR count). The van der Waals surface area contributed by atoms with Gasteiger partial charge in [0.15, 0.2) is 0 Å². The molecule has 3 heterocycles. The summed E-state index contributed by atoms with van der Waals surface area (Å²) < 4.78 is 14.2. The molecule has 1 aliphatic rings. The topological polar surface area (TPSA) is 102 Å². The van der Waals surface area contributed by atoms with Crippen LogP contribution in [0.3, 0.4) is 0 Å². The molecule has 1 unspecified atom stereocenters. The fourth-order valence-electron chi connectivity index (χ4n) is 3.57. The highest BCUT2D eigenvalue weighted by Crippen LogP contribution is 2.34. The van der Waals surface area contributed by atoms with Gasteiger partial charge in [0.2, 0.25) is 12.3 Å². The Labute approximate surface area is 156 Å². The molecule has 8 nitrogen and oxygen atoms in total. The van der Waals surface area contributed by atoms with E-state index in [9.17, 15) is 19.2 Å². The first-order chi connectivity index (χ1) is 13.0. The Morgan fingerprint density at radius 1 is 1.59 bits per heavy atom. The Bertz CT molecular complexity index is 765. The van der Waals surface area contributed by atoms with Gasteiger partial charge in [-0.25, -0.2) is 14.4 Å². The Balaban J connectivity index is 1.84. The van der Waals surface area contributed by atoms with Gasteiger partial charge in [0, 0.05) is 12.6 Å². The average Bonchev–Trinajstić information content (AvgIpc) is 3.27. The molecule has 1 saturated heterocycles. The summed E-state index contributed by atoms with van der Waals surface area (Å²) in [7, 11) is 0. The zero-order valence-corrected chi connectivity index (χ0v) is 15.2. The Morgan fingerprint density at radius 3 is 3.11 bits per heavy atom. The van der Waals surface area contributed by atoms with Crippen LogP contribution in [0.4, 0.5) is 4.39 Å². The zero-order valence-electron chi connectivity index (χ0n) is 15.2. The first kappa shape index (κ1) is 19.2. The molecule has 0 spiro atoms. The lowest BCUT2D eigenvalue weighted by Gasteiger charge is -2.28. The van der Waals surface area contributed by atoms with Crippen LogP contribution in [0.15, 0.2) is 18.5 Å². The number of unbranched alkanes of at least 4 members (excludes halogenated alkanes) is 1. The highest BCUT2D eigenvalue weighted by Gasteiger charge is 2.40. The number of halogens is 1. The number of alkyl halides is 1. The third kappa shape index (κ3) is 4.24. The van der Waals surface area contributed by atoms with Gasteiger partial charge in [0.1, 0.15) is 12.0 Å². The predicted molar refractivity (Wildman–Crippen MR) is 95.4 cm³/mol. The number of imidazole rings is 1. The van der Waals surface area contributed by atoms with Crippen LogP contribution in [-0.4, -0.2) is 61.7 Å². The lowest BCUT2D eigenvalue weighted by molar-refractivity contribution is -0.157. The van der Waals surface area contributed by atoms with Gasteiger partial charge in [0.25, 0.3) is 0 Å². The molecule has 0 bridgehead atoms. The summed E-state index contributed by atoms with van der Waals surface area (Å²) in [5, 5.41) is 10.0. The highest BCUT2D eigenvalue weighted by molar-refractivity contribution is 5.80. The quantitative estimate of drug-likeness (QED) is 0.417. The van der Waals surface area contributed by atoms with Crippen LogP contribution >= 0.6 is 0 Å². The zero-order chi connectivity index (χ0) is 19.4. The molecule has 9 heteroatoms. The number of nitrogens with one attached hydrogen (secondary N) is 1. The van der Waals surface area contributed by atoms with Gasteiger partial charge >= 0.3 is 0 Å². The van der Waals surface area contributed by atoms with E-state index in [0.717, 1.165) is 18.4 Å². The minimum Gasteiger partial charge on any atom is -0.339 e. The number of aromatic nitrogens is 3. The first-order valence-electron chi connectivity index (χ1n) is 9.18. The minimum absolute atomic E-state index is 0.0199. The van der Waals surface area contributed by atoms with Crippen molar-refractivity contribution in [3.63, 3.8) is 0 Å². The molecule has 0 aromatic carbocycles. The van der Waals surface area contributed by atoms with Crippen molar-refractivity contribution in [3.8, 4) is 0 Å². The molecule has 0 aliphatic carbocycles. The van der Waals surface area contributed by atoms with Crippen molar-refractivity contribution in [1.82, 2.24) is 24.9 Å². The van der Waals surface area contributed by atoms with E-state index in [-0.39, 0.29) is 31.8 Å². The van der Waals surface area contributed by atoms with E-state index in [4.69, 9.17) is 0 Å². The van der Waals surface area contributed by atoms with E-state index in [0.29, 0.717) is 22.8 Å². The van der Waals surface area contributed by atoms with Crippen molar-refractivity contribution in [3.05, 3.63) is 24.3 Å². The van der Waals surface area contributed by atoms with Gasteiger partial charge in [-0.15, -0.1) is 0 Å². The first-order valence-corrected chi connectivity index (χ1v) is 9.18. The molecule has 2 aromatic rings. The lowest BCUT2D eigenvalue weighted by atomic mass is 9.99. The normalized spacial score (nSPS) is 20.8. The molecule has 146 valence electrons. The van der Waals surface area contributed by atoms with Crippen molar-refractivity contribution in [2.75, 3.05) is 13.1 Å². The summed E-state index contributed by atoms with van der Waals surface area (Å²) in [6.07, 6.45) is 4.72. The van der Waals surface area contributed by atoms with Gasteiger partial charge in [0.05, 0.1) is 42.3 Å². The van der Waals surface area contributed by atoms with Crippen molar-refractivity contribution >= 4 is 23.4 Å². The largest absolute Gasteiger partial charge is 0.339 e. The molecule has 0 radical (unpaired) electrons. The van der Waals surface area contributed by atoms with E-state index < -0.39 is 18.1 Å². The molecule has 1 aliphatic heterocycles. The summed E-state index contributed by atoms with van der Waals surface area (Å²) in [6.45, 7) is 1.87. The van der Waals surface area contributed by atoms with Crippen molar-refractivity contribution in [1.29, 1.82) is 0 Å². The molecule has 2 amide bonds. The van der Waals surface area contributed by atoms with Crippen LogP contribution in [0.1, 0.15) is 44.5 Å². The van der Waals surface area contributed by atoms with Crippen LogP contribution in [0.2, 0.25) is 0 Å². The summed E-state index contributed by atoms with van der Waals surface area (Å²) >= 11 is 0. The van der Waals surface area contributed by atoms with Crippen LogP contribution in [-0.2, 0) is 9.59 Å². The molecule has 3 atom stereocenters. The summed E-state index contributed by atoms with van der Waals surface area (Å²) in [5.74, 6) is -0.330. The number of likely N-dealkylation sites (tertiary alicyclic amines) is 1. The molecule has 2 aromatic heterocycles. The van der Waals surface area contributed by atoms with Gasteiger partial charge in [-0.1, -0.05) is 19.8 Å². The fourth-order valence-corrected chi connectivity index (χ4v) is 3.57. The number of nitrogens with zero attached hydrogens (tertiary/aromatic N) is 4. The molecule has 27 heavy (non-hydrogen) atoms. The number of hydrogen-bond donors (Lipinski definition) is 2.